The molecule has 0 radical (unpaired) electrons. The van der Waals surface area contributed by atoms with Gasteiger partial charge in [-0.25, -0.2) is 4.79 Å². The molecule has 0 spiro atoms. The van der Waals surface area contributed by atoms with E-state index >= 15 is 0 Å². The number of ether oxygens (including phenoxy) is 2. The number of methoxy groups -OCH3 is 2. The summed E-state index contributed by atoms with van der Waals surface area (Å²) in [6, 6.07) is 11.1. The first-order valence-corrected chi connectivity index (χ1v) is 7.23. The molecule has 2 aromatic rings. The molecule has 1 unspecified atom stereocenters. The number of carbonyl (C=O) groups is 2. The molecule has 0 saturated heterocycles. The summed E-state index contributed by atoms with van der Waals surface area (Å²) in [6.07, 6.45) is 0.220. The number of hydrogen-bond acceptors (Lipinski definition) is 4. The van der Waals surface area contributed by atoms with Crippen LogP contribution in [0.15, 0.2) is 42.5 Å². The van der Waals surface area contributed by atoms with Gasteiger partial charge in [-0.2, -0.15) is 0 Å². The zero-order chi connectivity index (χ0) is 17.7. The second kappa shape index (κ2) is 7.50. The third-order valence-corrected chi connectivity index (χ3v) is 3.75. The summed E-state index contributed by atoms with van der Waals surface area (Å²) in [7, 11) is 2.99. The van der Waals surface area contributed by atoms with Crippen molar-refractivity contribution in [3.8, 4) is 11.5 Å². The molecule has 0 aliphatic heterocycles. The fourth-order valence-corrected chi connectivity index (χ4v) is 2.46. The van der Waals surface area contributed by atoms with Gasteiger partial charge in [0.15, 0.2) is 0 Å². The molecule has 1 atom stereocenters. The summed E-state index contributed by atoms with van der Waals surface area (Å²) in [5, 5.41) is 18.5. The predicted molar refractivity (Wildman–Crippen MR) is 87.0 cm³/mol. The minimum atomic E-state index is -1.02. The zero-order valence-electron chi connectivity index (χ0n) is 13.4. The lowest BCUT2D eigenvalue weighted by atomic mass is 9.91. The van der Waals surface area contributed by atoms with Gasteiger partial charge in [-0.05, 0) is 30.2 Å². The van der Waals surface area contributed by atoms with Crippen LogP contribution in [0.4, 0.5) is 0 Å². The molecule has 2 rings (SSSR count). The SMILES string of the molecule is COc1ccc(C(Cc2ccc(C(=O)O)cc2)C(=O)O)c(OC)c1. The van der Waals surface area contributed by atoms with Gasteiger partial charge in [0, 0.05) is 11.6 Å². The van der Waals surface area contributed by atoms with Crippen LogP contribution in [0.1, 0.15) is 27.4 Å². The Balaban J connectivity index is 2.33. The van der Waals surface area contributed by atoms with Gasteiger partial charge in [0.25, 0.3) is 0 Å². The van der Waals surface area contributed by atoms with Crippen molar-refractivity contribution in [2.24, 2.45) is 0 Å². The largest absolute Gasteiger partial charge is 0.497 e. The number of carboxylic acid groups (broad SMARTS) is 2. The maximum atomic E-state index is 11.7. The summed E-state index contributed by atoms with van der Waals surface area (Å²) in [5.41, 5.74) is 1.42. The lowest BCUT2D eigenvalue weighted by molar-refractivity contribution is -0.138. The van der Waals surface area contributed by atoms with Crippen molar-refractivity contribution in [3.05, 3.63) is 59.2 Å². The van der Waals surface area contributed by atoms with Gasteiger partial charge >= 0.3 is 11.9 Å². The van der Waals surface area contributed by atoms with E-state index in [1.165, 1.54) is 26.4 Å². The monoisotopic (exact) mass is 330 g/mol. The van der Waals surface area contributed by atoms with E-state index in [1.807, 2.05) is 0 Å². The first-order chi connectivity index (χ1) is 11.5. The zero-order valence-corrected chi connectivity index (χ0v) is 13.4. The summed E-state index contributed by atoms with van der Waals surface area (Å²) >= 11 is 0. The number of hydrogen-bond donors (Lipinski definition) is 2. The number of aliphatic carboxylic acids is 1. The lowest BCUT2D eigenvalue weighted by Crippen LogP contribution is -2.15. The van der Waals surface area contributed by atoms with Crippen molar-refractivity contribution < 1.29 is 29.3 Å². The summed E-state index contributed by atoms with van der Waals surface area (Å²) < 4.78 is 10.4. The molecule has 0 fully saturated rings. The van der Waals surface area contributed by atoms with Gasteiger partial charge in [-0.15, -0.1) is 0 Å². The Morgan fingerprint density at radius 1 is 1.00 bits per heavy atom. The third kappa shape index (κ3) is 3.84. The van der Waals surface area contributed by atoms with Crippen LogP contribution in [0.25, 0.3) is 0 Å². The molecule has 0 aliphatic rings. The molecule has 2 N–H and O–H groups in total. The predicted octanol–water partition coefficient (Wildman–Crippen LogP) is 2.81. The average molecular weight is 330 g/mol. The van der Waals surface area contributed by atoms with Gasteiger partial charge < -0.3 is 19.7 Å². The van der Waals surface area contributed by atoms with E-state index in [4.69, 9.17) is 14.6 Å². The second-order valence-electron chi connectivity index (χ2n) is 5.20. The molecule has 0 amide bonds. The average Bonchev–Trinajstić information content (AvgIpc) is 2.59. The van der Waals surface area contributed by atoms with Crippen LogP contribution < -0.4 is 9.47 Å². The van der Waals surface area contributed by atoms with Crippen LogP contribution in [-0.2, 0) is 11.2 Å². The van der Waals surface area contributed by atoms with E-state index in [9.17, 15) is 14.7 Å². The normalized spacial score (nSPS) is 11.6. The summed E-state index contributed by atoms with van der Waals surface area (Å²) in [4.78, 5) is 22.6. The molecule has 2 aromatic carbocycles. The fourth-order valence-electron chi connectivity index (χ4n) is 2.46. The van der Waals surface area contributed by atoms with E-state index in [0.717, 1.165) is 5.56 Å². The van der Waals surface area contributed by atoms with E-state index in [0.29, 0.717) is 17.1 Å². The Labute approximate surface area is 139 Å². The molecule has 24 heavy (non-hydrogen) atoms. The van der Waals surface area contributed by atoms with Crippen LogP contribution in [0.5, 0.6) is 11.5 Å². The van der Waals surface area contributed by atoms with E-state index in [1.54, 1.807) is 30.3 Å². The Kier molecular flexibility index (Phi) is 5.42. The molecule has 0 aliphatic carbocycles. The lowest BCUT2D eigenvalue weighted by Gasteiger charge is -2.17. The highest BCUT2D eigenvalue weighted by Crippen LogP contribution is 2.33. The molecule has 0 heterocycles. The smallest absolute Gasteiger partial charge is 0.335 e. The highest BCUT2D eigenvalue weighted by atomic mass is 16.5. The standard InChI is InChI=1S/C18H18O6/c1-23-13-7-8-14(16(10-13)24-2)15(18(21)22)9-11-3-5-12(6-4-11)17(19)20/h3-8,10,15H,9H2,1-2H3,(H,19,20)(H,21,22). The van der Waals surface area contributed by atoms with Crippen LogP contribution in [-0.4, -0.2) is 36.4 Å². The number of aromatic carboxylic acids is 1. The topological polar surface area (TPSA) is 93.1 Å². The number of carboxylic acids is 2. The molecule has 0 bridgehead atoms. The molecular formula is C18H18O6. The summed E-state index contributed by atoms with van der Waals surface area (Å²) in [5.74, 6) is -1.81. The van der Waals surface area contributed by atoms with Crippen molar-refractivity contribution in [1.29, 1.82) is 0 Å². The fraction of sp³-hybridized carbons (Fsp3) is 0.222. The Morgan fingerprint density at radius 3 is 2.17 bits per heavy atom. The molecule has 6 nitrogen and oxygen atoms in total. The highest BCUT2D eigenvalue weighted by Gasteiger charge is 2.24. The number of rotatable bonds is 7. The molecular weight excluding hydrogens is 312 g/mol. The van der Waals surface area contributed by atoms with Gasteiger partial charge in [-0.1, -0.05) is 18.2 Å². The second-order valence-corrected chi connectivity index (χ2v) is 5.20. The van der Waals surface area contributed by atoms with E-state index in [2.05, 4.69) is 0 Å². The van der Waals surface area contributed by atoms with Gasteiger partial charge in [0.1, 0.15) is 11.5 Å². The molecule has 126 valence electrons. The Hall–Kier alpha value is -3.02. The van der Waals surface area contributed by atoms with Crippen molar-refractivity contribution in [2.45, 2.75) is 12.3 Å². The first-order valence-electron chi connectivity index (χ1n) is 7.23. The van der Waals surface area contributed by atoms with Crippen molar-refractivity contribution in [3.63, 3.8) is 0 Å². The Morgan fingerprint density at radius 2 is 1.67 bits per heavy atom. The van der Waals surface area contributed by atoms with Crippen molar-refractivity contribution >= 4 is 11.9 Å². The van der Waals surface area contributed by atoms with Gasteiger partial charge in [0.2, 0.25) is 0 Å². The molecule has 0 aromatic heterocycles. The maximum absolute atomic E-state index is 11.7. The first kappa shape index (κ1) is 17.3. The molecule has 0 saturated carbocycles. The minimum Gasteiger partial charge on any atom is -0.497 e. The summed E-state index contributed by atoms with van der Waals surface area (Å²) in [6.45, 7) is 0. The highest BCUT2D eigenvalue weighted by molar-refractivity contribution is 5.87. The minimum absolute atomic E-state index is 0.160. The van der Waals surface area contributed by atoms with E-state index < -0.39 is 17.9 Å². The van der Waals surface area contributed by atoms with Crippen molar-refractivity contribution in [1.82, 2.24) is 0 Å². The van der Waals surface area contributed by atoms with Crippen LogP contribution in [0.2, 0.25) is 0 Å². The molecule has 6 heteroatoms. The van der Waals surface area contributed by atoms with Crippen LogP contribution in [0.3, 0.4) is 0 Å². The van der Waals surface area contributed by atoms with Gasteiger partial charge in [-0.3, -0.25) is 4.79 Å². The number of benzene rings is 2. The van der Waals surface area contributed by atoms with Crippen molar-refractivity contribution in [2.75, 3.05) is 14.2 Å². The third-order valence-electron chi connectivity index (χ3n) is 3.75. The van der Waals surface area contributed by atoms with E-state index in [-0.39, 0.29) is 12.0 Å². The Bertz CT molecular complexity index is 736. The maximum Gasteiger partial charge on any atom is 0.335 e. The van der Waals surface area contributed by atoms with Crippen LogP contribution in [0, 0.1) is 0 Å². The van der Waals surface area contributed by atoms with Crippen LogP contribution >= 0.6 is 0 Å². The quantitative estimate of drug-likeness (QED) is 0.811. The van der Waals surface area contributed by atoms with Gasteiger partial charge in [0.05, 0.1) is 25.7 Å².